The van der Waals surface area contributed by atoms with E-state index in [0.717, 1.165) is 18.6 Å². The van der Waals surface area contributed by atoms with Crippen molar-refractivity contribution in [1.29, 1.82) is 0 Å². The molecule has 0 aromatic carbocycles. The van der Waals surface area contributed by atoms with Crippen molar-refractivity contribution < 1.29 is 47.6 Å². The van der Waals surface area contributed by atoms with Gasteiger partial charge in [-0.3, -0.25) is 4.79 Å². The van der Waals surface area contributed by atoms with Crippen molar-refractivity contribution in [2.24, 2.45) is 5.41 Å². The molecule has 1 saturated carbocycles. The van der Waals surface area contributed by atoms with E-state index in [1.807, 2.05) is 6.92 Å². The predicted octanol–water partition coefficient (Wildman–Crippen LogP) is 3.10. The molecule has 0 heterocycles. The van der Waals surface area contributed by atoms with Gasteiger partial charge < -0.3 is 39.1 Å². The molecule has 1 aliphatic carbocycles. The van der Waals surface area contributed by atoms with Crippen LogP contribution >= 0.6 is 0 Å². The maximum Gasteiger partial charge on any atom is 0.407 e. The lowest BCUT2D eigenvalue weighted by atomic mass is 9.66. The van der Waals surface area contributed by atoms with Crippen LogP contribution in [0.3, 0.4) is 0 Å². The molecule has 0 aliphatic heterocycles. The topological polar surface area (TPSA) is 148 Å². The second-order valence-electron chi connectivity index (χ2n) is 11.2. The van der Waals surface area contributed by atoms with Crippen molar-refractivity contribution in [3.05, 3.63) is 25.3 Å². The number of hydrogen-bond donors (Lipinski definition) is 2. The average molecular weight is 557 g/mol. The van der Waals surface area contributed by atoms with Gasteiger partial charge in [0.15, 0.2) is 19.4 Å². The van der Waals surface area contributed by atoms with Crippen molar-refractivity contribution >= 4 is 23.9 Å². The highest BCUT2D eigenvalue weighted by atomic mass is 16.8. The minimum absolute atomic E-state index is 0.0312. The van der Waals surface area contributed by atoms with Gasteiger partial charge in [-0.05, 0) is 59.3 Å². The van der Waals surface area contributed by atoms with E-state index < -0.39 is 53.7 Å². The molecule has 222 valence electrons. The molecule has 0 spiro atoms. The highest BCUT2D eigenvalue weighted by molar-refractivity contribution is 5.85. The van der Waals surface area contributed by atoms with E-state index in [1.165, 1.54) is 0 Å². The van der Waals surface area contributed by atoms with Crippen LogP contribution < -0.4 is 10.6 Å². The first kappa shape index (κ1) is 34.1. The molecular formula is C27H44N2O10. The minimum Gasteiger partial charge on any atom is -0.447 e. The van der Waals surface area contributed by atoms with E-state index in [0.29, 0.717) is 12.8 Å². The molecule has 12 nitrogen and oxygen atoms in total. The quantitative estimate of drug-likeness (QED) is 0.101. The number of esters is 2. The molecule has 39 heavy (non-hydrogen) atoms. The monoisotopic (exact) mass is 556 g/mol. The summed E-state index contributed by atoms with van der Waals surface area (Å²) in [6.07, 6.45) is 3.38. The zero-order valence-corrected chi connectivity index (χ0v) is 24.2. The summed E-state index contributed by atoms with van der Waals surface area (Å²) in [7, 11) is 0. The van der Waals surface area contributed by atoms with Crippen molar-refractivity contribution in [3.8, 4) is 0 Å². The van der Waals surface area contributed by atoms with Gasteiger partial charge in [0, 0.05) is 12.2 Å². The average Bonchev–Trinajstić information content (AvgIpc) is 2.82. The Balaban J connectivity index is 2.67. The maximum absolute atomic E-state index is 13.2. The van der Waals surface area contributed by atoms with Crippen molar-refractivity contribution in [2.45, 2.75) is 90.7 Å². The molecule has 0 aromatic heterocycles. The maximum atomic E-state index is 13.2. The third-order valence-electron chi connectivity index (χ3n) is 6.29. The second kappa shape index (κ2) is 14.4. The SMILES string of the molecule is C=CC(=O)OCOC(C)(C)OCCOC(=O)NC1CCC(C)(C)CC1(C)NC(=O)C(C)(C)OCOC(=O)C=C. The lowest BCUT2D eigenvalue weighted by Crippen LogP contribution is -2.66. The van der Waals surface area contributed by atoms with Crippen LogP contribution in [0.5, 0.6) is 0 Å². The van der Waals surface area contributed by atoms with Gasteiger partial charge in [0.05, 0.1) is 18.2 Å². The number of carbonyl (C=O) groups is 4. The van der Waals surface area contributed by atoms with Crippen LogP contribution in [0.15, 0.2) is 25.3 Å². The third-order valence-corrected chi connectivity index (χ3v) is 6.29. The number of hydrogen-bond acceptors (Lipinski definition) is 10. The first-order chi connectivity index (χ1) is 18.0. The van der Waals surface area contributed by atoms with Gasteiger partial charge in [-0.1, -0.05) is 27.0 Å². The van der Waals surface area contributed by atoms with Crippen LogP contribution in [-0.2, 0) is 42.8 Å². The summed E-state index contributed by atoms with van der Waals surface area (Å²) in [6, 6.07) is -0.420. The molecule has 2 N–H and O–H groups in total. The lowest BCUT2D eigenvalue weighted by Gasteiger charge is -2.49. The smallest absolute Gasteiger partial charge is 0.407 e. The number of amides is 2. The van der Waals surface area contributed by atoms with Gasteiger partial charge in [-0.25, -0.2) is 14.4 Å². The van der Waals surface area contributed by atoms with Gasteiger partial charge in [0.25, 0.3) is 5.91 Å². The van der Waals surface area contributed by atoms with Crippen molar-refractivity contribution in [3.63, 3.8) is 0 Å². The van der Waals surface area contributed by atoms with Gasteiger partial charge in [-0.2, -0.15) is 0 Å². The second-order valence-corrected chi connectivity index (χ2v) is 11.2. The van der Waals surface area contributed by atoms with Crippen LogP contribution in [0.4, 0.5) is 4.79 Å². The molecule has 1 rings (SSSR count). The summed E-state index contributed by atoms with van der Waals surface area (Å²) in [4.78, 5) is 48.1. The predicted molar refractivity (Wildman–Crippen MR) is 141 cm³/mol. The summed E-state index contributed by atoms with van der Waals surface area (Å²) in [5, 5.41) is 5.91. The van der Waals surface area contributed by atoms with Crippen LogP contribution in [0, 0.1) is 5.41 Å². The van der Waals surface area contributed by atoms with E-state index in [9.17, 15) is 19.2 Å². The number of nitrogens with one attached hydrogen (secondary N) is 2. The highest BCUT2D eigenvalue weighted by Gasteiger charge is 2.47. The molecule has 1 aliphatic rings. The Kier molecular flexibility index (Phi) is 12.6. The molecule has 0 bridgehead atoms. The van der Waals surface area contributed by atoms with E-state index in [1.54, 1.807) is 27.7 Å². The molecule has 2 unspecified atom stereocenters. The number of rotatable bonds is 15. The number of ether oxygens (including phenoxy) is 6. The number of alkyl carbamates (subject to hydrolysis) is 1. The van der Waals surface area contributed by atoms with Crippen LogP contribution in [-0.4, -0.2) is 73.7 Å². The van der Waals surface area contributed by atoms with E-state index in [2.05, 4.69) is 37.6 Å². The normalized spacial score (nSPS) is 20.7. The Bertz CT molecular complexity index is 899. The Labute approximate surface area is 230 Å². The summed E-state index contributed by atoms with van der Waals surface area (Å²) >= 11 is 0. The highest BCUT2D eigenvalue weighted by Crippen LogP contribution is 2.41. The molecule has 0 radical (unpaired) electrons. The zero-order chi connectivity index (χ0) is 29.9. The first-order valence-electron chi connectivity index (χ1n) is 12.7. The first-order valence-corrected chi connectivity index (χ1v) is 12.7. The van der Waals surface area contributed by atoms with Gasteiger partial charge in [-0.15, -0.1) is 0 Å². The fraction of sp³-hybridized carbons (Fsp3) is 0.704. The van der Waals surface area contributed by atoms with Gasteiger partial charge in [0.1, 0.15) is 12.2 Å². The molecule has 0 aromatic rings. The summed E-state index contributed by atoms with van der Waals surface area (Å²) in [5.41, 5.74) is -2.22. The minimum atomic E-state index is -1.31. The molecular weight excluding hydrogens is 512 g/mol. The van der Waals surface area contributed by atoms with Crippen molar-refractivity contribution in [1.82, 2.24) is 10.6 Å². The molecule has 12 heteroatoms. The van der Waals surface area contributed by atoms with Crippen molar-refractivity contribution in [2.75, 3.05) is 26.8 Å². The van der Waals surface area contributed by atoms with Gasteiger partial charge in [0.2, 0.25) is 0 Å². The Morgan fingerprint density at radius 3 is 2.00 bits per heavy atom. The Hall–Kier alpha value is -2.96. The third kappa shape index (κ3) is 12.2. The van der Waals surface area contributed by atoms with Gasteiger partial charge >= 0.3 is 18.0 Å². The summed E-state index contributed by atoms with van der Waals surface area (Å²) in [5.74, 6) is -2.79. The fourth-order valence-corrected chi connectivity index (χ4v) is 4.13. The lowest BCUT2D eigenvalue weighted by molar-refractivity contribution is -0.250. The molecule has 2 atom stereocenters. The van der Waals surface area contributed by atoms with E-state index in [-0.39, 0.29) is 25.4 Å². The summed E-state index contributed by atoms with van der Waals surface area (Å²) < 4.78 is 31.2. The van der Waals surface area contributed by atoms with E-state index in [4.69, 9.17) is 28.4 Å². The Morgan fingerprint density at radius 1 is 0.872 bits per heavy atom. The summed E-state index contributed by atoms with van der Waals surface area (Å²) in [6.45, 7) is 18.3. The molecule has 1 fully saturated rings. The molecule has 0 saturated heterocycles. The Morgan fingerprint density at radius 2 is 1.44 bits per heavy atom. The van der Waals surface area contributed by atoms with Crippen LogP contribution in [0.1, 0.15) is 67.7 Å². The van der Waals surface area contributed by atoms with Crippen LogP contribution in [0.2, 0.25) is 0 Å². The standard InChI is InChI=1S/C27H44N2O10/c1-10-20(30)35-17-38-25(5,6)22(32)29-27(9)16-24(3,4)13-12-19(27)28-23(33)34-14-15-37-26(7,8)39-18-36-21(31)11-2/h10-11,19H,1-2,12-18H2,3-9H3,(H,28,33)(H,29,32). The zero-order valence-electron chi connectivity index (χ0n) is 24.2. The largest absolute Gasteiger partial charge is 0.447 e. The fourth-order valence-electron chi connectivity index (χ4n) is 4.13. The number of carbonyl (C=O) groups excluding carboxylic acids is 4. The molecule has 2 amide bonds. The van der Waals surface area contributed by atoms with Crippen LogP contribution in [0.25, 0.3) is 0 Å². The van der Waals surface area contributed by atoms with E-state index >= 15 is 0 Å².